The van der Waals surface area contributed by atoms with Crippen LogP contribution in [0.5, 0.6) is 0 Å². The van der Waals surface area contributed by atoms with Crippen molar-refractivity contribution in [3.05, 3.63) is 29.3 Å². The van der Waals surface area contributed by atoms with Gasteiger partial charge in [0.25, 0.3) is 0 Å². The van der Waals surface area contributed by atoms with Crippen molar-refractivity contribution >= 4 is 46.9 Å². The molecule has 1 aromatic rings. The third-order valence-corrected chi connectivity index (χ3v) is 3.90. The van der Waals surface area contributed by atoms with E-state index in [1.165, 1.54) is 0 Å². The average Bonchev–Trinajstić information content (AvgIpc) is 2.87. The molecule has 1 aliphatic rings. The summed E-state index contributed by atoms with van der Waals surface area (Å²) in [5.74, 6) is -1.18. The number of esters is 2. The van der Waals surface area contributed by atoms with Gasteiger partial charge >= 0.3 is 11.9 Å². The van der Waals surface area contributed by atoms with Crippen molar-refractivity contribution in [2.75, 3.05) is 23.4 Å². The Morgan fingerprint density at radius 1 is 1.32 bits per heavy atom. The molecule has 1 N–H and O–H groups in total. The largest absolute Gasteiger partial charge is 0.463 e. The van der Waals surface area contributed by atoms with Crippen LogP contribution in [0.3, 0.4) is 0 Å². The summed E-state index contributed by atoms with van der Waals surface area (Å²) >= 11 is 6.86. The molecule has 8 heteroatoms. The number of ether oxygens (including phenoxy) is 2. The molecule has 1 aromatic carbocycles. The Hall–Kier alpha value is -1.73. The first-order chi connectivity index (χ1) is 10.5. The molecule has 22 heavy (non-hydrogen) atoms. The minimum atomic E-state index is -0.809. The van der Waals surface area contributed by atoms with Gasteiger partial charge < -0.3 is 14.8 Å². The van der Waals surface area contributed by atoms with Crippen LogP contribution in [0.2, 0.25) is 5.02 Å². The fourth-order valence-corrected chi connectivity index (χ4v) is 2.45. The summed E-state index contributed by atoms with van der Waals surface area (Å²) < 4.78 is 9.64. The van der Waals surface area contributed by atoms with Crippen LogP contribution >= 0.6 is 23.4 Å². The lowest BCUT2D eigenvalue weighted by Crippen LogP contribution is -2.24. The third-order valence-electron chi connectivity index (χ3n) is 2.74. The van der Waals surface area contributed by atoms with Crippen molar-refractivity contribution < 1.29 is 23.9 Å². The SMILES string of the molecule is O=C(CSCC(=O)O[C@@H]1CCOC1=O)Nc1ccc(Cl)cc1. The van der Waals surface area contributed by atoms with Crippen molar-refractivity contribution in [1.82, 2.24) is 0 Å². The van der Waals surface area contributed by atoms with Gasteiger partial charge in [-0.3, -0.25) is 9.59 Å². The summed E-state index contributed by atoms with van der Waals surface area (Å²) in [6.07, 6.45) is -0.428. The number of rotatable bonds is 6. The number of benzene rings is 1. The van der Waals surface area contributed by atoms with E-state index in [2.05, 4.69) is 10.1 Å². The van der Waals surface area contributed by atoms with E-state index in [1.54, 1.807) is 24.3 Å². The van der Waals surface area contributed by atoms with Gasteiger partial charge in [0.2, 0.25) is 12.0 Å². The molecule has 1 amide bonds. The molecule has 1 fully saturated rings. The van der Waals surface area contributed by atoms with Gasteiger partial charge in [-0.15, -0.1) is 11.8 Å². The molecule has 1 heterocycles. The highest BCUT2D eigenvalue weighted by Gasteiger charge is 2.29. The Bertz CT molecular complexity index is 563. The van der Waals surface area contributed by atoms with Crippen molar-refractivity contribution in [2.24, 2.45) is 0 Å². The van der Waals surface area contributed by atoms with Crippen LogP contribution in [0.25, 0.3) is 0 Å². The highest BCUT2D eigenvalue weighted by Crippen LogP contribution is 2.14. The molecule has 0 saturated carbocycles. The van der Waals surface area contributed by atoms with Gasteiger partial charge in [0.1, 0.15) is 0 Å². The summed E-state index contributed by atoms with van der Waals surface area (Å²) in [5, 5.41) is 3.26. The van der Waals surface area contributed by atoms with E-state index in [9.17, 15) is 14.4 Å². The second-order valence-electron chi connectivity index (χ2n) is 4.48. The number of nitrogens with one attached hydrogen (secondary N) is 1. The lowest BCUT2D eigenvalue weighted by molar-refractivity contribution is -0.158. The standard InChI is InChI=1S/C14H14ClNO5S/c15-9-1-3-10(4-2-9)16-12(17)7-22-8-13(18)21-11-5-6-20-14(11)19/h1-4,11H,5-8H2,(H,16,17)/t11-/m1/s1. The summed E-state index contributed by atoms with van der Waals surface area (Å²) in [4.78, 5) is 34.3. The van der Waals surface area contributed by atoms with Crippen LogP contribution in [0, 0.1) is 0 Å². The molecule has 0 aromatic heterocycles. The minimum Gasteiger partial charge on any atom is -0.463 e. The van der Waals surface area contributed by atoms with Gasteiger partial charge in [0.05, 0.1) is 18.1 Å². The zero-order valence-electron chi connectivity index (χ0n) is 11.5. The van der Waals surface area contributed by atoms with Gasteiger partial charge in [-0.1, -0.05) is 11.6 Å². The summed E-state index contributed by atoms with van der Waals surface area (Å²) in [5.41, 5.74) is 0.631. The van der Waals surface area contributed by atoms with Crippen LogP contribution in [-0.2, 0) is 23.9 Å². The summed E-state index contributed by atoms with van der Waals surface area (Å²) in [6.45, 7) is 0.271. The lowest BCUT2D eigenvalue weighted by Gasteiger charge is -2.08. The van der Waals surface area contributed by atoms with E-state index < -0.39 is 18.0 Å². The molecule has 6 nitrogen and oxygen atoms in total. The number of amides is 1. The molecule has 0 aliphatic carbocycles. The first kappa shape index (κ1) is 16.6. The molecule has 0 bridgehead atoms. The highest BCUT2D eigenvalue weighted by molar-refractivity contribution is 8.00. The highest BCUT2D eigenvalue weighted by atomic mass is 35.5. The van der Waals surface area contributed by atoms with Crippen LogP contribution < -0.4 is 5.32 Å². The molecule has 0 spiro atoms. The Labute approximate surface area is 136 Å². The van der Waals surface area contributed by atoms with E-state index >= 15 is 0 Å². The third kappa shape index (κ3) is 5.23. The van der Waals surface area contributed by atoms with E-state index in [4.69, 9.17) is 16.3 Å². The Balaban J connectivity index is 1.65. The molecular formula is C14H14ClNO5S. The number of anilines is 1. The molecule has 2 rings (SSSR count). The zero-order chi connectivity index (χ0) is 15.9. The Morgan fingerprint density at radius 3 is 2.68 bits per heavy atom. The number of thioether (sulfide) groups is 1. The fourth-order valence-electron chi connectivity index (χ4n) is 1.73. The molecule has 1 saturated heterocycles. The van der Waals surface area contributed by atoms with Crippen LogP contribution in [0.1, 0.15) is 6.42 Å². The van der Waals surface area contributed by atoms with Crippen LogP contribution in [0.15, 0.2) is 24.3 Å². The molecular weight excluding hydrogens is 330 g/mol. The summed E-state index contributed by atoms with van der Waals surface area (Å²) in [7, 11) is 0. The first-order valence-corrected chi connectivity index (χ1v) is 8.07. The molecule has 0 unspecified atom stereocenters. The van der Waals surface area contributed by atoms with E-state index in [0.717, 1.165) is 11.8 Å². The monoisotopic (exact) mass is 343 g/mol. The normalized spacial score (nSPS) is 17.0. The number of cyclic esters (lactones) is 1. The maximum Gasteiger partial charge on any atom is 0.347 e. The predicted molar refractivity (Wildman–Crippen MR) is 82.9 cm³/mol. The number of hydrogen-bond donors (Lipinski definition) is 1. The van der Waals surface area contributed by atoms with Crippen LogP contribution in [0.4, 0.5) is 5.69 Å². The van der Waals surface area contributed by atoms with Gasteiger partial charge in [-0.2, -0.15) is 0 Å². The smallest absolute Gasteiger partial charge is 0.347 e. The maximum absolute atomic E-state index is 11.7. The molecule has 1 atom stereocenters. The first-order valence-electron chi connectivity index (χ1n) is 6.54. The topological polar surface area (TPSA) is 81.7 Å². The van der Waals surface area contributed by atoms with E-state index in [-0.39, 0.29) is 24.0 Å². The minimum absolute atomic E-state index is 0.00216. The van der Waals surface area contributed by atoms with Gasteiger partial charge in [0, 0.05) is 17.1 Å². The summed E-state index contributed by atoms with van der Waals surface area (Å²) in [6, 6.07) is 6.71. The second-order valence-corrected chi connectivity index (χ2v) is 5.90. The van der Waals surface area contributed by atoms with Gasteiger partial charge in [-0.05, 0) is 24.3 Å². The van der Waals surface area contributed by atoms with Crippen LogP contribution in [-0.4, -0.2) is 42.1 Å². The van der Waals surface area contributed by atoms with Gasteiger partial charge in [-0.25, -0.2) is 4.79 Å². The van der Waals surface area contributed by atoms with Crippen molar-refractivity contribution in [3.63, 3.8) is 0 Å². The lowest BCUT2D eigenvalue weighted by atomic mass is 10.3. The van der Waals surface area contributed by atoms with Crippen molar-refractivity contribution in [1.29, 1.82) is 0 Å². The predicted octanol–water partition coefficient (Wildman–Crippen LogP) is 1.87. The maximum atomic E-state index is 11.7. The van der Waals surface area contributed by atoms with E-state index in [0.29, 0.717) is 17.1 Å². The second kappa shape index (κ2) is 8.05. The quantitative estimate of drug-likeness (QED) is 0.794. The number of carbonyl (C=O) groups excluding carboxylic acids is 3. The number of halogens is 1. The number of hydrogen-bond acceptors (Lipinski definition) is 6. The Morgan fingerprint density at radius 2 is 2.05 bits per heavy atom. The molecule has 1 aliphatic heterocycles. The van der Waals surface area contributed by atoms with Gasteiger partial charge in [0.15, 0.2) is 0 Å². The molecule has 0 radical (unpaired) electrons. The Kier molecular flexibility index (Phi) is 6.09. The zero-order valence-corrected chi connectivity index (χ0v) is 13.1. The van der Waals surface area contributed by atoms with E-state index in [1.807, 2.05) is 0 Å². The number of carbonyl (C=O) groups is 3. The van der Waals surface area contributed by atoms with Crippen molar-refractivity contribution in [2.45, 2.75) is 12.5 Å². The molecule has 118 valence electrons. The average molecular weight is 344 g/mol. The fraction of sp³-hybridized carbons (Fsp3) is 0.357. The van der Waals surface area contributed by atoms with Crippen molar-refractivity contribution in [3.8, 4) is 0 Å².